The average molecular weight is 326 g/mol. The number of methoxy groups -OCH3 is 1. The van der Waals surface area contributed by atoms with Gasteiger partial charge in [-0.3, -0.25) is 0 Å². The smallest absolute Gasteiger partial charge is 0.130 e. The van der Waals surface area contributed by atoms with Crippen molar-refractivity contribution in [2.45, 2.75) is 20.8 Å². The highest BCUT2D eigenvalue weighted by Gasteiger charge is 2.18. The Labute approximate surface area is 148 Å². The van der Waals surface area contributed by atoms with E-state index in [1.165, 1.54) is 49.4 Å². The van der Waals surface area contributed by atoms with Crippen LogP contribution in [0.15, 0.2) is 60.7 Å². The molecule has 0 spiro atoms. The summed E-state index contributed by atoms with van der Waals surface area (Å²) in [4.78, 5) is 0. The van der Waals surface area contributed by atoms with Crippen LogP contribution in [0, 0.1) is 20.8 Å². The highest BCUT2D eigenvalue weighted by Crippen LogP contribution is 2.44. The van der Waals surface area contributed by atoms with Crippen LogP contribution in [0.3, 0.4) is 0 Å². The molecule has 0 saturated carbocycles. The van der Waals surface area contributed by atoms with Crippen molar-refractivity contribution < 1.29 is 4.74 Å². The molecule has 25 heavy (non-hydrogen) atoms. The zero-order valence-electron chi connectivity index (χ0n) is 15.2. The Hall–Kier alpha value is -2.80. The van der Waals surface area contributed by atoms with Crippen molar-refractivity contribution in [1.82, 2.24) is 0 Å². The van der Waals surface area contributed by atoms with E-state index in [-0.39, 0.29) is 0 Å². The molecule has 4 aromatic carbocycles. The van der Waals surface area contributed by atoms with Gasteiger partial charge in [0.25, 0.3) is 0 Å². The zero-order valence-corrected chi connectivity index (χ0v) is 15.2. The van der Waals surface area contributed by atoms with Gasteiger partial charge < -0.3 is 4.74 Å². The number of aryl methyl sites for hydroxylation is 2. The van der Waals surface area contributed by atoms with Gasteiger partial charge in [0.05, 0.1) is 7.11 Å². The second-order valence-electron chi connectivity index (χ2n) is 6.74. The van der Waals surface area contributed by atoms with Crippen LogP contribution in [-0.2, 0) is 0 Å². The Bertz CT molecular complexity index is 1110. The third-order valence-corrected chi connectivity index (χ3v) is 5.21. The van der Waals surface area contributed by atoms with Gasteiger partial charge in [-0.05, 0) is 70.6 Å². The molecule has 124 valence electrons. The summed E-state index contributed by atoms with van der Waals surface area (Å²) in [6, 6.07) is 21.7. The molecular weight excluding hydrogens is 304 g/mol. The topological polar surface area (TPSA) is 9.23 Å². The van der Waals surface area contributed by atoms with Crippen LogP contribution in [0.2, 0.25) is 0 Å². The predicted octanol–water partition coefficient (Wildman–Crippen LogP) is 6.59. The highest BCUT2D eigenvalue weighted by molar-refractivity contribution is 6.09. The van der Waals surface area contributed by atoms with Crippen LogP contribution in [0.5, 0.6) is 5.75 Å². The molecule has 4 rings (SSSR count). The van der Waals surface area contributed by atoms with Gasteiger partial charge in [0, 0.05) is 5.56 Å². The van der Waals surface area contributed by atoms with E-state index in [0.717, 1.165) is 5.75 Å². The molecule has 0 aromatic heterocycles. The summed E-state index contributed by atoms with van der Waals surface area (Å²) in [5.74, 6) is 0.970. The van der Waals surface area contributed by atoms with Gasteiger partial charge >= 0.3 is 0 Å². The Balaban J connectivity index is 2.27. The fourth-order valence-corrected chi connectivity index (χ4v) is 3.89. The van der Waals surface area contributed by atoms with Crippen molar-refractivity contribution in [3.63, 3.8) is 0 Å². The van der Waals surface area contributed by atoms with Gasteiger partial charge in [0.15, 0.2) is 0 Å². The molecule has 0 atom stereocenters. The lowest BCUT2D eigenvalue weighted by Gasteiger charge is -2.20. The van der Waals surface area contributed by atoms with Gasteiger partial charge in [0.2, 0.25) is 0 Å². The zero-order chi connectivity index (χ0) is 17.6. The number of hydrogen-bond donors (Lipinski definition) is 0. The van der Waals surface area contributed by atoms with Crippen LogP contribution >= 0.6 is 0 Å². The molecule has 0 unspecified atom stereocenters. The minimum Gasteiger partial charge on any atom is -0.496 e. The number of benzene rings is 4. The van der Waals surface area contributed by atoms with E-state index in [1.54, 1.807) is 7.11 Å². The molecule has 4 aromatic rings. The number of fused-ring (bicyclic) bond motifs is 2. The summed E-state index contributed by atoms with van der Waals surface area (Å²) in [5, 5.41) is 5.04. The van der Waals surface area contributed by atoms with Gasteiger partial charge in [-0.15, -0.1) is 0 Å². The van der Waals surface area contributed by atoms with E-state index in [0.29, 0.717) is 0 Å². The van der Waals surface area contributed by atoms with E-state index in [4.69, 9.17) is 4.74 Å². The standard InChI is InChI=1S/C24H22O/c1-15-13-18-9-5-7-11-20(18)22(17(15)3)23-21-12-8-6-10-19(21)14-16(2)24(23)25-4/h5-14H,1-4H3. The van der Waals surface area contributed by atoms with Gasteiger partial charge in [-0.1, -0.05) is 54.6 Å². The van der Waals surface area contributed by atoms with Crippen molar-refractivity contribution in [3.05, 3.63) is 77.4 Å². The molecule has 0 fully saturated rings. The fraction of sp³-hybridized carbons (Fsp3) is 0.167. The molecule has 1 heteroatoms. The number of ether oxygens (including phenoxy) is 1. The molecule has 1 nitrogen and oxygen atoms in total. The van der Waals surface area contributed by atoms with Crippen molar-refractivity contribution in [2.24, 2.45) is 0 Å². The predicted molar refractivity (Wildman–Crippen MR) is 108 cm³/mol. The van der Waals surface area contributed by atoms with Crippen molar-refractivity contribution in [3.8, 4) is 16.9 Å². The molecule has 0 heterocycles. The van der Waals surface area contributed by atoms with E-state index < -0.39 is 0 Å². The number of hydrogen-bond acceptors (Lipinski definition) is 1. The largest absolute Gasteiger partial charge is 0.496 e. The van der Waals surface area contributed by atoms with Crippen LogP contribution in [0.1, 0.15) is 16.7 Å². The van der Waals surface area contributed by atoms with Gasteiger partial charge in [-0.25, -0.2) is 0 Å². The third-order valence-electron chi connectivity index (χ3n) is 5.21. The molecule has 0 N–H and O–H groups in total. The van der Waals surface area contributed by atoms with E-state index >= 15 is 0 Å². The van der Waals surface area contributed by atoms with Gasteiger partial charge in [-0.2, -0.15) is 0 Å². The second kappa shape index (κ2) is 5.93. The SMILES string of the molecule is COc1c(C)cc2ccccc2c1-c1c(C)c(C)cc2ccccc12. The van der Waals surface area contributed by atoms with E-state index in [1.807, 2.05) is 0 Å². The molecule has 0 aliphatic carbocycles. The lowest BCUT2D eigenvalue weighted by molar-refractivity contribution is 0.414. The maximum atomic E-state index is 5.88. The Morgan fingerprint density at radius 1 is 0.640 bits per heavy atom. The van der Waals surface area contributed by atoms with Crippen LogP contribution in [0.4, 0.5) is 0 Å². The Morgan fingerprint density at radius 3 is 1.76 bits per heavy atom. The van der Waals surface area contributed by atoms with Crippen LogP contribution < -0.4 is 4.74 Å². The Kier molecular flexibility index (Phi) is 3.73. The van der Waals surface area contributed by atoms with E-state index in [2.05, 4.69) is 81.4 Å². The maximum Gasteiger partial charge on any atom is 0.130 e. The van der Waals surface area contributed by atoms with Crippen LogP contribution in [-0.4, -0.2) is 7.11 Å². The minimum absolute atomic E-state index is 0.970. The normalized spacial score (nSPS) is 11.2. The quantitative estimate of drug-likeness (QED) is 0.403. The monoisotopic (exact) mass is 326 g/mol. The summed E-state index contributed by atoms with van der Waals surface area (Å²) >= 11 is 0. The van der Waals surface area contributed by atoms with Crippen molar-refractivity contribution >= 4 is 21.5 Å². The molecule has 0 aliphatic heterocycles. The molecule has 0 saturated heterocycles. The van der Waals surface area contributed by atoms with Crippen molar-refractivity contribution in [2.75, 3.05) is 7.11 Å². The highest BCUT2D eigenvalue weighted by atomic mass is 16.5. The first-order chi connectivity index (χ1) is 12.1. The lowest BCUT2D eigenvalue weighted by atomic mass is 9.87. The molecule has 0 amide bonds. The second-order valence-corrected chi connectivity index (χ2v) is 6.74. The summed E-state index contributed by atoms with van der Waals surface area (Å²) in [7, 11) is 1.77. The summed E-state index contributed by atoms with van der Waals surface area (Å²) in [6.07, 6.45) is 0. The third kappa shape index (κ3) is 2.39. The minimum atomic E-state index is 0.970. The molecular formula is C24H22O. The first-order valence-electron chi connectivity index (χ1n) is 8.67. The number of rotatable bonds is 2. The molecule has 0 radical (unpaired) electrons. The summed E-state index contributed by atoms with van der Waals surface area (Å²) in [5.41, 5.74) is 6.28. The molecule has 0 bridgehead atoms. The van der Waals surface area contributed by atoms with Crippen molar-refractivity contribution in [1.29, 1.82) is 0 Å². The average Bonchev–Trinajstić information content (AvgIpc) is 2.62. The van der Waals surface area contributed by atoms with Crippen LogP contribution in [0.25, 0.3) is 32.7 Å². The summed E-state index contributed by atoms with van der Waals surface area (Å²) < 4.78 is 5.88. The maximum absolute atomic E-state index is 5.88. The van der Waals surface area contributed by atoms with E-state index in [9.17, 15) is 0 Å². The first-order valence-corrected chi connectivity index (χ1v) is 8.67. The van der Waals surface area contributed by atoms with Gasteiger partial charge in [0.1, 0.15) is 5.75 Å². The summed E-state index contributed by atoms with van der Waals surface area (Å²) in [6.45, 7) is 6.53. The Morgan fingerprint density at radius 2 is 1.16 bits per heavy atom. The molecule has 0 aliphatic rings. The lowest BCUT2D eigenvalue weighted by Crippen LogP contribution is -1.97. The fourth-order valence-electron chi connectivity index (χ4n) is 3.89. The first kappa shape index (κ1) is 15.7.